The fourth-order valence-electron chi connectivity index (χ4n) is 2.49. The van der Waals surface area contributed by atoms with E-state index in [2.05, 4.69) is 10.3 Å². The molecule has 7 heteroatoms. The van der Waals surface area contributed by atoms with Crippen molar-refractivity contribution < 1.29 is 14.0 Å². The second-order valence-corrected chi connectivity index (χ2v) is 7.63. The highest BCUT2D eigenvalue weighted by atomic mass is 32.2. The number of fused-ring (bicyclic) bond motifs is 1. The second-order valence-electron chi connectivity index (χ2n) is 5.63. The maximum atomic E-state index is 12.9. The third kappa shape index (κ3) is 3.94. The van der Waals surface area contributed by atoms with Crippen LogP contribution in [0.4, 0.5) is 0 Å². The summed E-state index contributed by atoms with van der Waals surface area (Å²) in [5.74, 6) is -0.518. The number of benzene rings is 2. The van der Waals surface area contributed by atoms with Gasteiger partial charge in [0.05, 0.1) is 4.88 Å². The minimum atomic E-state index is -0.843. The first-order valence-electron chi connectivity index (χ1n) is 8.16. The molecule has 1 atom stereocenters. The molecule has 5 nitrogen and oxygen atoms in total. The molecule has 2 aromatic heterocycles. The summed E-state index contributed by atoms with van der Waals surface area (Å²) < 4.78 is 5.71. The van der Waals surface area contributed by atoms with Crippen LogP contribution in [-0.2, 0) is 0 Å². The highest BCUT2D eigenvalue weighted by Gasteiger charge is 2.26. The van der Waals surface area contributed by atoms with Gasteiger partial charge in [-0.1, -0.05) is 36.4 Å². The molecule has 0 bridgehead atoms. The zero-order chi connectivity index (χ0) is 18.6. The molecule has 1 N–H and O–H groups in total. The van der Waals surface area contributed by atoms with Gasteiger partial charge in [-0.2, -0.15) is 0 Å². The Balaban J connectivity index is 1.61. The van der Waals surface area contributed by atoms with E-state index in [-0.39, 0.29) is 11.7 Å². The minimum absolute atomic E-state index is 0.193. The molecule has 4 aromatic rings. The second kappa shape index (κ2) is 7.77. The van der Waals surface area contributed by atoms with Gasteiger partial charge in [0.1, 0.15) is 10.9 Å². The molecule has 2 aromatic carbocycles. The number of thiophene rings is 1. The monoisotopic (exact) mass is 394 g/mol. The average Bonchev–Trinajstić information content (AvgIpc) is 3.37. The highest BCUT2D eigenvalue weighted by molar-refractivity contribution is 8.00. The van der Waals surface area contributed by atoms with Crippen molar-refractivity contribution in [3.63, 3.8) is 0 Å². The maximum absolute atomic E-state index is 12.9. The Morgan fingerprint density at radius 1 is 1.00 bits per heavy atom. The van der Waals surface area contributed by atoms with E-state index in [0.29, 0.717) is 26.8 Å². The lowest BCUT2D eigenvalue weighted by atomic mass is 10.2. The Hall–Kier alpha value is -2.90. The van der Waals surface area contributed by atoms with Crippen LogP contribution in [0.1, 0.15) is 20.0 Å². The molecular weight excluding hydrogens is 380 g/mol. The summed E-state index contributed by atoms with van der Waals surface area (Å²) >= 11 is 2.42. The third-order valence-corrected chi connectivity index (χ3v) is 5.62. The molecule has 0 aliphatic heterocycles. The first-order chi connectivity index (χ1) is 13.2. The number of oxazole rings is 1. The smallest absolute Gasteiger partial charge is 0.259 e. The molecular formula is C20H14N2O3S2. The van der Waals surface area contributed by atoms with Gasteiger partial charge in [-0.3, -0.25) is 9.59 Å². The summed E-state index contributed by atoms with van der Waals surface area (Å²) in [4.78, 5) is 30.4. The average molecular weight is 394 g/mol. The number of rotatable bonds is 6. The van der Waals surface area contributed by atoms with Crippen LogP contribution in [0.5, 0.6) is 0 Å². The summed E-state index contributed by atoms with van der Waals surface area (Å²) in [7, 11) is 0. The summed E-state index contributed by atoms with van der Waals surface area (Å²) in [6.45, 7) is 0. The Morgan fingerprint density at radius 3 is 2.52 bits per heavy atom. The van der Waals surface area contributed by atoms with Gasteiger partial charge >= 0.3 is 0 Å². The van der Waals surface area contributed by atoms with Crippen LogP contribution in [0.15, 0.2) is 81.8 Å². The standard InChI is InChI=1S/C20H14N2O3S2/c23-17(16-11-6-12-26-16)19(22-18(24)13-7-2-1-3-8-13)27-20-21-14-9-4-5-10-15(14)25-20/h1-12,19H,(H,22,24)/t19-/m0/s1. The molecule has 0 saturated carbocycles. The van der Waals surface area contributed by atoms with Crippen LogP contribution in [0.2, 0.25) is 0 Å². The number of hydrogen-bond acceptors (Lipinski definition) is 6. The van der Waals surface area contributed by atoms with Crippen molar-refractivity contribution in [2.45, 2.75) is 10.6 Å². The number of nitrogens with zero attached hydrogens (tertiary/aromatic N) is 1. The molecule has 0 saturated heterocycles. The van der Waals surface area contributed by atoms with Gasteiger partial charge < -0.3 is 9.73 Å². The van der Waals surface area contributed by atoms with E-state index in [1.165, 1.54) is 11.3 Å². The normalized spacial score (nSPS) is 12.0. The van der Waals surface area contributed by atoms with Gasteiger partial charge in [-0.15, -0.1) is 11.3 Å². The van der Waals surface area contributed by atoms with Crippen molar-refractivity contribution in [1.82, 2.24) is 10.3 Å². The predicted molar refractivity (Wildman–Crippen MR) is 106 cm³/mol. The molecule has 0 fully saturated rings. The molecule has 1 amide bonds. The van der Waals surface area contributed by atoms with Gasteiger partial charge in [0.25, 0.3) is 11.1 Å². The fourth-order valence-corrected chi connectivity index (χ4v) is 4.15. The molecule has 27 heavy (non-hydrogen) atoms. The first kappa shape index (κ1) is 17.5. The topological polar surface area (TPSA) is 72.2 Å². The van der Waals surface area contributed by atoms with Gasteiger partial charge in [-0.05, 0) is 47.5 Å². The molecule has 0 radical (unpaired) electrons. The van der Waals surface area contributed by atoms with Crippen molar-refractivity contribution >= 4 is 45.9 Å². The van der Waals surface area contributed by atoms with Gasteiger partial charge in [0.15, 0.2) is 5.58 Å². The number of hydrogen-bond donors (Lipinski definition) is 1. The van der Waals surface area contributed by atoms with Crippen LogP contribution in [0, 0.1) is 0 Å². The summed E-state index contributed by atoms with van der Waals surface area (Å²) in [5, 5.41) is 4.11. The fraction of sp³-hybridized carbons (Fsp3) is 0.0500. The number of ketones is 1. The lowest BCUT2D eigenvalue weighted by Gasteiger charge is -2.15. The Bertz CT molecular complexity index is 1040. The SMILES string of the molecule is O=C(N[C@@H](Sc1nc2ccccc2o1)C(=O)c1cccs1)c1ccccc1. The van der Waals surface area contributed by atoms with E-state index in [1.807, 2.05) is 35.7 Å². The zero-order valence-corrected chi connectivity index (χ0v) is 15.6. The number of para-hydroxylation sites is 2. The molecule has 0 spiro atoms. The van der Waals surface area contributed by atoms with E-state index in [4.69, 9.17) is 4.42 Å². The number of nitrogens with one attached hydrogen (secondary N) is 1. The largest absolute Gasteiger partial charge is 0.431 e. The summed E-state index contributed by atoms with van der Waals surface area (Å²) in [6, 6.07) is 19.7. The Labute approximate surface area is 163 Å². The van der Waals surface area contributed by atoms with E-state index in [0.717, 1.165) is 11.8 Å². The third-order valence-electron chi connectivity index (χ3n) is 3.79. The van der Waals surface area contributed by atoms with E-state index < -0.39 is 5.37 Å². The molecule has 0 aliphatic rings. The van der Waals surface area contributed by atoms with Crippen LogP contribution in [-0.4, -0.2) is 22.0 Å². The van der Waals surface area contributed by atoms with Crippen LogP contribution < -0.4 is 5.32 Å². The molecule has 0 unspecified atom stereocenters. The van der Waals surface area contributed by atoms with Crippen molar-refractivity contribution in [3.8, 4) is 0 Å². The van der Waals surface area contributed by atoms with E-state index in [9.17, 15) is 9.59 Å². The predicted octanol–water partition coefficient (Wildman–Crippen LogP) is 4.62. The number of aromatic nitrogens is 1. The van der Waals surface area contributed by atoms with E-state index in [1.54, 1.807) is 36.4 Å². The molecule has 0 aliphatic carbocycles. The number of thioether (sulfide) groups is 1. The first-order valence-corrected chi connectivity index (χ1v) is 9.92. The van der Waals surface area contributed by atoms with Gasteiger partial charge in [-0.25, -0.2) is 4.98 Å². The Kier molecular flexibility index (Phi) is 5.04. The van der Waals surface area contributed by atoms with Crippen molar-refractivity contribution in [3.05, 3.63) is 82.6 Å². The Morgan fingerprint density at radius 2 is 1.78 bits per heavy atom. The number of Topliss-reactive ketones (excluding diaryl/α,β-unsaturated/α-hetero) is 1. The van der Waals surface area contributed by atoms with Crippen molar-refractivity contribution in [2.75, 3.05) is 0 Å². The van der Waals surface area contributed by atoms with Crippen LogP contribution >= 0.6 is 23.1 Å². The lowest BCUT2D eigenvalue weighted by Crippen LogP contribution is -2.38. The zero-order valence-electron chi connectivity index (χ0n) is 14.0. The van der Waals surface area contributed by atoms with Crippen LogP contribution in [0.3, 0.4) is 0 Å². The van der Waals surface area contributed by atoms with Crippen LogP contribution in [0.25, 0.3) is 11.1 Å². The molecule has 4 rings (SSSR count). The van der Waals surface area contributed by atoms with E-state index >= 15 is 0 Å². The van der Waals surface area contributed by atoms with Crippen molar-refractivity contribution in [2.24, 2.45) is 0 Å². The quantitative estimate of drug-likeness (QED) is 0.293. The number of amides is 1. The number of carbonyl (C=O) groups is 2. The lowest BCUT2D eigenvalue weighted by molar-refractivity contribution is 0.0893. The minimum Gasteiger partial charge on any atom is -0.431 e. The van der Waals surface area contributed by atoms with Crippen molar-refractivity contribution in [1.29, 1.82) is 0 Å². The van der Waals surface area contributed by atoms with Gasteiger partial charge in [0, 0.05) is 5.56 Å². The highest BCUT2D eigenvalue weighted by Crippen LogP contribution is 2.28. The number of carbonyl (C=O) groups excluding carboxylic acids is 2. The molecule has 134 valence electrons. The summed E-state index contributed by atoms with van der Waals surface area (Å²) in [5.41, 5.74) is 1.83. The van der Waals surface area contributed by atoms with Gasteiger partial charge in [0.2, 0.25) is 5.78 Å². The summed E-state index contributed by atoms with van der Waals surface area (Å²) in [6.07, 6.45) is 0. The maximum Gasteiger partial charge on any atom is 0.259 e. The molecule has 2 heterocycles.